The van der Waals surface area contributed by atoms with Crippen molar-refractivity contribution in [1.29, 1.82) is 0 Å². The van der Waals surface area contributed by atoms with Crippen molar-refractivity contribution in [2.45, 2.75) is 52.0 Å². The third-order valence-corrected chi connectivity index (χ3v) is 3.17. The number of primary amides is 1. The molecular formula is C13H22N2O2. The highest BCUT2D eigenvalue weighted by Gasteiger charge is 2.28. The predicted molar refractivity (Wildman–Crippen MR) is 67.2 cm³/mol. The monoisotopic (exact) mass is 238 g/mol. The van der Waals surface area contributed by atoms with Crippen LogP contribution < -0.4 is 5.73 Å². The van der Waals surface area contributed by atoms with Gasteiger partial charge in [0.15, 0.2) is 0 Å². The molecule has 1 aliphatic heterocycles. The van der Waals surface area contributed by atoms with Crippen LogP contribution in [0.3, 0.4) is 0 Å². The van der Waals surface area contributed by atoms with E-state index in [9.17, 15) is 9.59 Å². The summed E-state index contributed by atoms with van der Waals surface area (Å²) in [5.74, 6) is -0.273. The quantitative estimate of drug-likeness (QED) is 0.756. The number of nitrogens with zero attached hydrogens (tertiary/aromatic N) is 1. The van der Waals surface area contributed by atoms with Gasteiger partial charge in [-0.25, -0.2) is 0 Å². The van der Waals surface area contributed by atoms with Crippen LogP contribution in [0.25, 0.3) is 0 Å². The summed E-state index contributed by atoms with van der Waals surface area (Å²) in [5, 5.41) is 0. The minimum absolute atomic E-state index is 0.00560. The van der Waals surface area contributed by atoms with E-state index in [1.54, 1.807) is 0 Å². The summed E-state index contributed by atoms with van der Waals surface area (Å²) >= 11 is 0. The Morgan fingerprint density at radius 3 is 2.71 bits per heavy atom. The van der Waals surface area contributed by atoms with E-state index in [1.807, 2.05) is 24.8 Å². The number of amides is 2. The lowest BCUT2D eigenvalue weighted by atomic mass is 9.98. The van der Waals surface area contributed by atoms with E-state index < -0.39 is 0 Å². The van der Waals surface area contributed by atoms with Gasteiger partial charge in [0.1, 0.15) is 0 Å². The maximum atomic E-state index is 12.2. The number of carbonyl (C=O) groups is 2. The predicted octanol–water partition coefficient (Wildman–Crippen LogP) is 1.60. The standard InChI is InChI=1S/C13H22N2O2/c1-3-6-10(2)13(17)15-8-5-4-7-11(15)9-12(14)16/h6,11H,3-5,7-9H2,1-2H3,(H2,14,16)/b10-6-. The molecule has 0 radical (unpaired) electrons. The number of hydrogen-bond acceptors (Lipinski definition) is 2. The van der Waals surface area contributed by atoms with Crippen molar-refractivity contribution in [3.8, 4) is 0 Å². The second-order valence-corrected chi connectivity index (χ2v) is 4.61. The highest BCUT2D eigenvalue weighted by Crippen LogP contribution is 2.21. The summed E-state index contributed by atoms with van der Waals surface area (Å²) in [4.78, 5) is 25.0. The molecule has 2 amide bonds. The number of likely N-dealkylation sites (tertiary alicyclic amines) is 1. The molecule has 17 heavy (non-hydrogen) atoms. The first kappa shape index (κ1) is 13.7. The number of carbonyl (C=O) groups excluding carboxylic acids is 2. The van der Waals surface area contributed by atoms with Crippen molar-refractivity contribution in [2.24, 2.45) is 5.73 Å². The van der Waals surface area contributed by atoms with Crippen molar-refractivity contribution >= 4 is 11.8 Å². The van der Waals surface area contributed by atoms with Gasteiger partial charge in [-0.3, -0.25) is 9.59 Å². The van der Waals surface area contributed by atoms with Crippen molar-refractivity contribution in [3.63, 3.8) is 0 Å². The first-order valence-electron chi connectivity index (χ1n) is 6.32. The molecule has 4 heteroatoms. The molecule has 1 saturated heterocycles. The molecule has 1 heterocycles. The third-order valence-electron chi connectivity index (χ3n) is 3.17. The van der Waals surface area contributed by atoms with E-state index in [0.717, 1.165) is 37.8 Å². The average molecular weight is 238 g/mol. The van der Waals surface area contributed by atoms with E-state index in [2.05, 4.69) is 0 Å². The fourth-order valence-corrected chi connectivity index (χ4v) is 2.33. The van der Waals surface area contributed by atoms with Crippen molar-refractivity contribution in [3.05, 3.63) is 11.6 Å². The van der Waals surface area contributed by atoms with Gasteiger partial charge in [-0.2, -0.15) is 0 Å². The fourth-order valence-electron chi connectivity index (χ4n) is 2.33. The largest absolute Gasteiger partial charge is 0.370 e. The van der Waals surface area contributed by atoms with E-state index in [1.165, 1.54) is 0 Å². The van der Waals surface area contributed by atoms with Crippen molar-refractivity contribution in [2.75, 3.05) is 6.54 Å². The third kappa shape index (κ3) is 3.88. The van der Waals surface area contributed by atoms with Gasteiger partial charge < -0.3 is 10.6 Å². The molecule has 1 aliphatic rings. The number of nitrogens with two attached hydrogens (primary N) is 1. The minimum Gasteiger partial charge on any atom is -0.370 e. The van der Waals surface area contributed by atoms with Gasteiger partial charge in [0.05, 0.1) is 0 Å². The molecule has 0 saturated carbocycles. The van der Waals surface area contributed by atoms with Crippen LogP contribution in [-0.4, -0.2) is 29.3 Å². The van der Waals surface area contributed by atoms with Gasteiger partial charge in [-0.15, -0.1) is 0 Å². The molecule has 1 rings (SSSR count). The summed E-state index contributed by atoms with van der Waals surface area (Å²) < 4.78 is 0. The van der Waals surface area contributed by atoms with Crippen molar-refractivity contribution < 1.29 is 9.59 Å². The molecule has 96 valence electrons. The van der Waals surface area contributed by atoms with Gasteiger partial charge in [0.2, 0.25) is 11.8 Å². The molecular weight excluding hydrogens is 216 g/mol. The topological polar surface area (TPSA) is 63.4 Å². The normalized spacial score (nSPS) is 21.4. The smallest absolute Gasteiger partial charge is 0.249 e. The first-order chi connectivity index (χ1) is 8.06. The number of piperidine rings is 1. The molecule has 1 atom stereocenters. The van der Waals surface area contributed by atoms with Crippen LogP contribution in [0.4, 0.5) is 0 Å². The van der Waals surface area contributed by atoms with Gasteiger partial charge >= 0.3 is 0 Å². The van der Waals surface area contributed by atoms with Gasteiger partial charge in [-0.1, -0.05) is 13.0 Å². The second-order valence-electron chi connectivity index (χ2n) is 4.61. The van der Waals surface area contributed by atoms with Crippen LogP contribution in [0.15, 0.2) is 11.6 Å². The molecule has 0 spiro atoms. The van der Waals surface area contributed by atoms with Crippen LogP contribution in [0.5, 0.6) is 0 Å². The highest BCUT2D eigenvalue weighted by atomic mass is 16.2. The zero-order chi connectivity index (χ0) is 12.8. The summed E-state index contributed by atoms with van der Waals surface area (Å²) in [6.07, 6.45) is 6.03. The minimum atomic E-state index is -0.327. The lowest BCUT2D eigenvalue weighted by Gasteiger charge is -2.35. The first-order valence-corrected chi connectivity index (χ1v) is 6.32. The zero-order valence-electron chi connectivity index (χ0n) is 10.7. The Kier molecular flexibility index (Phi) is 5.19. The van der Waals surface area contributed by atoms with Crippen LogP contribution in [0.1, 0.15) is 46.0 Å². The molecule has 0 aromatic heterocycles. The lowest BCUT2D eigenvalue weighted by Crippen LogP contribution is -2.45. The maximum Gasteiger partial charge on any atom is 0.249 e. The maximum absolute atomic E-state index is 12.2. The molecule has 0 aromatic carbocycles. The molecule has 4 nitrogen and oxygen atoms in total. The molecule has 0 aliphatic carbocycles. The summed E-state index contributed by atoms with van der Waals surface area (Å²) in [6, 6.07) is -0.00560. The molecule has 0 aromatic rings. The Hall–Kier alpha value is -1.32. The van der Waals surface area contributed by atoms with Crippen molar-refractivity contribution in [1.82, 2.24) is 4.90 Å². The molecule has 2 N–H and O–H groups in total. The van der Waals surface area contributed by atoms with Gasteiger partial charge in [0, 0.05) is 24.6 Å². The van der Waals surface area contributed by atoms with E-state index >= 15 is 0 Å². The van der Waals surface area contributed by atoms with E-state index in [-0.39, 0.29) is 24.3 Å². The van der Waals surface area contributed by atoms with Crippen LogP contribution in [0.2, 0.25) is 0 Å². The van der Waals surface area contributed by atoms with Gasteiger partial charge in [-0.05, 0) is 32.6 Å². The van der Waals surface area contributed by atoms with E-state index in [4.69, 9.17) is 5.73 Å². The van der Waals surface area contributed by atoms with Gasteiger partial charge in [0.25, 0.3) is 0 Å². The highest BCUT2D eigenvalue weighted by molar-refractivity contribution is 5.93. The Morgan fingerprint density at radius 1 is 1.41 bits per heavy atom. The summed E-state index contributed by atoms with van der Waals surface area (Å²) in [5.41, 5.74) is 6.00. The molecule has 0 bridgehead atoms. The molecule has 1 fully saturated rings. The SMILES string of the molecule is CC/C=C(/C)C(=O)N1CCCCC1CC(N)=O. The molecule has 1 unspecified atom stereocenters. The van der Waals surface area contributed by atoms with Crippen LogP contribution in [-0.2, 0) is 9.59 Å². The van der Waals surface area contributed by atoms with E-state index in [0.29, 0.717) is 0 Å². The Morgan fingerprint density at radius 2 is 2.12 bits per heavy atom. The zero-order valence-corrected chi connectivity index (χ0v) is 10.7. The number of hydrogen-bond donors (Lipinski definition) is 1. The van der Waals surface area contributed by atoms with Crippen LogP contribution >= 0.6 is 0 Å². The number of allylic oxidation sites excluding steroid dienone is 1. The fraction of sp³-hybridized carbons (Fsp3) is 0.692. The second kappa shape index (κ2) is 6.42. The summed E-state index contributed by atoms with van der Waals surface area (Å²) in [6.45, 7) is 4.58. The van der Waals surface area contributed by atoms with Crippen LogP contribution in [0, 0.1) is 0 Å². The number of rotatable bonds is 4. The summed E-state index contributed by atoms with van der Waals surface area (Å²) in [7, 11) is 0. The Labute approximate surface area is 103 Å². The average Bonchev–Trinajstić information content (AvgIpc) is 2.28. The lowest BCUT2D eigenvalue weighted by molar-refractivity contribution is -0.132. The Balaban J connectivity index is 2.73. The Bertz CT molecular complexity index is 323.